The summed E-state index contributed by atoms with van der Waals surface area (Å²) in [5.41, 5.74) is 1.10. The molecule has 1 aromatic heterocycles. The Morgan fingerprint density at radius 3 is 2.61 bits per heavy atom. The second kappa shape index (κ2) is 5.94. The van der Waals surface area contributed by atoms with Crippen LogP contribution in [0.25, 0.3) is 11.3 Å². The topological polar surface area (TPSA) is 105 Å². The molecule has 8 nitrogen and oxygen atoms in total. The predicted molar refractivity (Wildman–Crippen MR) is 98.4 cm³/mol. The number of halogens is 1. The highest BCUT2D eigenvalue weighted by Crippen LogP contribution is 2.43. The number of aromatic nitrogens is 2. The van der Waals surface area contributed by atoms with E-state index in [9.17, 15) is 18.3 Å². The molecule has 0 radical (unpaired) electrons. The Balaban J connectivity index is 1.63. The summed E-state index contributed by atoms with van der Waals surface area (Å²) in [5.74, 6) is -1.30. The van der Waals surface area contributed by atoms with Crippen molar-refractivity contribution in [1.82, 2.24) is 14.5 Å². The Kier molecular flexibility index (Phi) is 3.71. The molecule has 0 bridgehead atoms. The normalized spacial score (nSPS) is 21.2. The number of phenols is 1. The van der Waals surface area contributed by atoms with Gasteiger partial charge in [0.05, 0.1) is 11.4 Å². The van der Waals surface area contributed by atoms with Gasteiger partial charge >= 0.3 is 10.2 Å². The number of hydrogen-bond acceptors (Lipinski definition) is 5. The molecule has 2 aliphatic carbocycles. The lowest BCUT2D eigenvalue weighted by atomic mass is 10.1. The van der Waals surface area contributed by atoms with Crippen LogP contribution < -0.4 is 9.03 Å². The van der Waals surface area contributed by atoms with Crippen molar-refractivity contribution >= 4 is 21.8 Å². The summed E-state index contributed by atoms with van der Waals surface area (Å²) in [6.45, 7) is 0.102. The Hall–Kier alpha value is -2.62. The molecule has 2 saturated carbocycles. The van der Waals surface area contributed by atoms with Crippen molar-refractivity contribution in [1.29, 1.82) is 0 Å². The molecule has 0 atom stereocenters. The van der Waals surface area contributed by atoms with E-state index < -0.39 is 39.9 Å². The summed E-state index contributed by atoms with van der Waals surface area (Å²) in [6.07, 6.45) is 4.34. The minimum atomic E-state index is -4.24. The number of aromatic hydroxyl groups is 1. The number of nitrogens with one attached hydrogen (secondary N) is 1. The molecule has 1 aliphatic heterocycles. The lowest BCUT2D eigenvalue weighted by molar-refractivity contribution is -0.117. The van der Waals surface area contributed by atoms with E-state index in [0.29, 0.717) is 28.4 Å². The fourth-order valence-electron chi connectivity index (χ4n) is 3.55. The first-order chi connectivity index (χ1) is 13.3. The summed E-state index contributed by atoms with van der Waals surface area (Å²) in [7, 11) is -4.24. The van der Waals surface area contributed by atoms with Crippen molar-refractivity contribution in [3.8, 4) is 17.0 Å². The number of benzene rings is 1. The Morgan fingerprint density at radius 2 is 2.00 bits per heavy atom. The maximum absolute atomic E-state index is 15.5. The molecule has 1 aromatic carbocycles. The first-order valence-corrected chi connectivity index (χ1v) is 10.7. The average Bonchev–Trinajstić information content (AvgIpc) is 3.52. The van der Waals surface area contributed by atoms with E-state index in [1.165, 1.54) is 12.1 Å². The Labute approximate surface area is 161 Å². The monoisotopic (exact) mass is 406 g/mol. The van der Waals surface area contributed by atoms with E-state index in [1.807, 2.05) is 6.07 Å². The van der Waals surface area contributed by atoms with Crippen LogP contribution in [-0.2, 0) is 21.5 Å². The van der Waals surface area contributed by atoms with Gasteiger partial charge in [0, 0.05) is 18.0 Å². The van der Waals surface area contributed by atoms with Crippen LogP contribution in [0.4, 0.5) is 10.1 Å². The first kappa shape index (κ1) is 17.5. The fraction of sp³-hybridized carbons (Fsp3) is 0.444. The Morgan fingerprint density at radius 1 is 1.25 bits per heavy atom. The summed E-state index contributed by atoms with van der Waals surface area (Å²) in [6, 6.07) is 4.52. The minimum Gasteiger partial charge on any atom is -0.506 e. The van der Waals surface area contributed by atoms with E-state index in [-0.39, 0.29) is 5.56 Å². The molecule has 1 saturated heterocycles. The Bertz CT molecular complexity index is 1090. The highest BCUT2D eigenvalue weighted by Gasteiger charge is 2.38. The number of hydrogen-bond donors (Lipinski definition) is 2. The van der Waals surface area contributed by atoms with Gasteiger partial charge in [-0.1, -0.05) is 0 Å². The van der Waals surface area contributed by atoms with Crippen LogP contribution >= 0.6 is 0 Å². The summed E-state index contributed by atoms with van der Waals surface area (Å²) >= 11 is 0. The summed E-state index contributed by atoms with van der Waals surface area (Å²) in [4.78, 5) is 11.5. The zero-order chi connectivity index (χ0) is 19.6. The molecular weight excluding hydrogens is 387 g/mol. The summed E-state index contributed by atoms with van der Waals surface area (Å²) in [5, 5.41) is 14.8. The van der Waals surface area contributed by atoms with Crippen LogP contribution in [0.3, 0.4) is 0 Å². The summed E-state index contributed by atoms with van der Waals surface area (Å²) < 4.78 is 43.9. The number of rotatable bonds is 5. The van der Waals surface area contributed by atoms with E-state index in [2.05, 4.69) is 5.10 Å². The smallest absolute Gasteiger partial charge is 0.326 e. The molecule has 1 amide bonds. The number of phenolic OH excluding ortho intramolecular Hbond substituents is 1. The average molecular weight is 406 g/mol. The van der Waals surface area contributed by atoms with E-state index in [4.69, 9.17) is 0 Å². The third-order valence-corrected chi connectivity index (χ3v) is 6.74. The molecule has 3 aliphatic rings. The van der Waals surface area contributed by atoms with Gasteiger partial charge in [-0.2, -0.15) is 13.5 Å². The van der Waals surface area contributed by atoms with Gasteiger partial charge in [0.1, 0.15) is 18.0 Å². The van der Waals surface area contributed by atoms with Gasteiger partial charge in [-0.05, 0) is 49.8 Å². The van der Waals surface area contributed by atoms with Crippen LogP contribution in [-0.4, -0.2) is 35.8 Å². The number of amides is 1. The molecule has 0 unspecified atom stereocenters. The largest absolute Gasteiger partial charge is 0.506 e. The van der Waals surface area contributed by atoms with Gasteiger partial charge in [0.25, 0.3) is 5.91 Å². The van der Waals surface area contributed by atoms with Crippen molar-refractivity contribution in [3.63, 3.8) is 0 Å². The maximum Gasteiger partial charge on any atom is 0.326 e. The van der Waals surface area contributed by atoms with Crippen molar-refractivity contribution in [2.75, 3.05) is 10.8 Å². The van der Waals surface area contributed by atoms with Crippen LogP contribution in [0.2, 0.25) is 0 Å². The van der Waals surface area contributed by atoms with Crippen molar-refractivity contribution in [2.24, 2.45) is 5.92 Å². The van der Waals surface area contributed by atoms with E-state index in [0.717, 1.165) is 31.4 Å². The molecule has 0 spiro atoms. The standard InChI is InChI=1S/C18H19FN4O4S/c19-17-12(5-6-15(24)18(17)23-9-16(25)21-28(23,26)27)14-7-13(11-3-4-11)20-22(14)8-10-1-2-10/h5-7,10-11,24H,1-4,8-9H2,(H,21,25). The van der Waals surface area contributed by atoms with Crippen molar-refractivity contribution in [2.45, 2.75) is 38.1 Å². The minimum absolute atomic E-state index is 0.155. The van der Waals surface area contributed by atoms with E-state index >= 15 is 4.39 Å². The first-order valence-electron chi connectivity index (χ1n) is 9.26. The van der Waals surface area contributed by atoms with Crippen molar-refractivity contribution < 1.29 is 22.7 Å². The highest BCUT2D eigenvalue weighted by atomic mass is 32.2. The van der Waals surface area contributed by atoms with Crippen LogP contribution in [0.5, 0.6) is 5.75 Å². The van der Waals surface area contributed by atoms with Gasteiger partial charge in [-0.25, -0.2) is 13.4 Å². The van der Waals surface area contributed by atoms with Gasteiger partial charge in [0.2, 0.25) is 0 Å². The molecule has 148 valence electrons. The van der Waals surface area contributed by atoms with Crippen LogP contribution in [0.15, 0.2) is 18.2 Å². The third-order valence-electron chi connectivity index (χ3n) is 5.36. The van der Waals surface area contributed by atoms with Gasteiger partial charge in [-0.3, -0.25) is 9.48 Å². The molecular formula is C18H19FN4O4S. The van der Waals surface area contributed by atoms with Crippen LogP contribution in [0.1, 0.15) is 37.3 Å². The molecule has 2 N–H and O–H groups in total. The van der Waals surface area contributed by atoms with Crippen LogP contribution in [0, 0.1) is 11.7 Å². The molecule has 10 heteroatoms. The van der Waals surface area contributed by atoms with E-state index in [1.54, 1.807) is 9.40 Å². The SMILES string of the molecule is O=C1CN(c2c(O)ccc(-c3cc(C4CC4)nn3CC3CC3)c2F)S(=O)(=O)N1. The molecule has 3 fully saturated rings. The second-order valence-electron chi connectivity index (χ2n) is 7.69. The quantitative estimate of drug-likeness (QED) is 0.789. The highest BCUT2D eigenvalue weighted by molar-refractivity contribution is 7.92. The number of nitrogens with zero attached hydrogens (tertiary/aromatic N) is 3. The maximum atomic E-state index is 15.5. The molecule has 5 rings (SSSR count). The zero-order valence-corrected chi connectivity index (χ0v) is 15.7. The lowest BCUT2D eigenvalue weighted by Gasteiger charge is -2.19. The van der Waals surface area contributed by atoms with Crippen molar-refractivity contribution in [3.05, 3.63) is 29.7 Å². The number of carbonyl (C=O) groups is 1. The second-order valence-corrected chi connectivity index (χ2v) is 9.28. The fourth-order valence-corrected chi connectivity index (χ4v) is 4.72. The number of carbonyl (C=O) groups excluding carboxylic acids is 1. The molecule has 2 aromatic rings. The van der Waals surface area contributed by atoms with Gasteiger partial charge in [0.15, 0.2) is 5.82 Å². The van der Waals surface area contributed by atoms with Gasteiger partial charge < -0.3 is 5.11 Å². The lowest BCUT2D eigenvalue weighted by Crippen LogP contribution is -2.30. The zero-order valence-electron chi connectivity index (χ0n) is 14.9. The third kappa shape index (κ3) is 2.92. The molecule has 28 heavy (non-hydrogen) atoms. The van der Waals surface area contributed by atoms with Gasteiger partial charge in [-0.15, -0.1) is 0 Å². The molecule has 2 heterocycles. The predicted octanol–water partition coefficient (Wildman–Crippen LogP) is 1.86. The number of anilines is 1.